The van der Waals surface area contributed by atoms with Gasteiger partial charge in [0.25, 0.3) is 0 Å². The van der Waals surface area contributed by atoms with Gasteiger partial charge in [-0.2, -0.15) is 0 Å². The number of nitrogens with one attached hydrogen (secondary N) is 1. The van der Waals surface area contributed by atoms with Gasteiger partial charge in [0.05, 0.1) is 24.4 Å². The van der Waals surface area contributed by atoms with Crippen LogP contribution in [0.3, 0.4) is 0 Å². The fourth-order valence-corrected chi connectivity index (χ4v) is 3.63. The van der Waals surface area contributed by atoms with Gasteiger partial charge in [0, 0.05) is 12.0 Å². The number of anilines is 1. The van der Waals surface area contributed by atoms with Crippen LogP contribution in [0.4, 0.5) is 14.9 Å². The number of hydrogen-bond acceptors (Lipinski definition) is 4. The molecule has 0 aromatic heterocycles. The highest BCUT2D eigenvalue weighted by atomic mass is 19.1. The fraction of sp³-hybridized carbons (Fsp3) is 0.263. The second-order valence-corrected chi connectivity index (χ2v) is 6.54. The Kier molecular flexibility index (Phi) is 3.61. The number of halogens is 1. The maximum Gasteiger partial charge on any atom is 0.337 e. The van der Waals surface area contributed by atoms with Crippen molar-refractivity contribution in [3.8, 4) is 5.75 Å². The van der Waals surface area contributed by atoms with Crippen molar-refractivity contribution < 1.29 is 23.5 Å². The van der Waals surface area contributed by atoms with Gasteiger partial charge in [-0.1, -0.05) is 6.07 Å². The molecule has 1 saturated heterocycles. The molecule has 0 radical (unpaired) electrons. The Bertz CT molecular complexity index is 916. The molecule has 0 spiro atoms. The highest BCUT2D eigenvalue weighted by molar-refractivity contribution is 5.95. The molecule has 2 aliphatic rings. The number of hydrogen-bond donors (Lipinski definition) is 1. The number of fused-ring (bicyclic) bond motifs is 4. The maximum atomic E-state index is 13.6. The highest BCUT2D eigenvalue weighted by Crippen LogP contribution is 2.45. The van der Waals surface area contributed by atoms with Crippen LogP contribution in [0.5, 0.6) is 5.75 Å². The number of carbonyl (C=O) groups excluding carboxylic acids is 2. The van der Waals surface area contributed by atoms with Gasteiger partial charge in [0.1, 0.15) is 11.6 Å². The average molecular weight is 356 g/mol. The second kappa shape index (κ2) is 5.72. The molecule has 134 valence electrons. The number of nitrogens with zero attached hydrogens (tertiary/aromatic N) is 1. The van der Waals surface area contributed by atoms with Crippen molar-refractivity contribution in [3.05, 3.63) is 59.4 Å². The summed E-state index contributed by atoms with van der Waals surface area (Å²) in [6.07, 6.45) is 0.451. The standard InChI is InChI=1S/C19H17FN2O4/c1-19-10-15(14-8-11(17(23)25-2)6-7-16(14)26-19)21-18(24)22(19)13-5-3-4-12(20)9-13/h3-9,15H,10H2,1-2H3,(H,21,24)/t15-,19-/m0/s1. The number of ether oxygens (including phenoxy) is 2. The SMILES string of the molecule is COC(=O)c1ccc2c(c1)[C@@H]1C[C@](C)(O2)N(c2cccc(F)c2)C(=O)N1. The number of esters is 1. The van der Waals surface area contributed by atoms with E-state index in [1.54, 1.807) is 37.3 Å². The Labute approximate surface area is 149 Å². The van der Waals surface area contributed by atoms with Gasteiger partial charge >= 0.3 is 12.0 Å². The zero-order valence-electron chi connectivity index (χ0n) is 14.3. The molecular weight excluding hydrogens is 339 g/mol. The van der Waals surface area contributed by atoms with Crippen molar-refractivity contribution in [3.63, 3.8) is 0 Å². The number of carbonyl (C=O) groups is 2. The van der Waals surface area contributed by atoms with Gasteiger partial charge in [-0.3, -0.25) is 4.90 Å². The topological polar surface area (TPSA) is 67.9 Å². The molecule has 0 aliphatic carbocycles. The van der Waals surface area contributed by atoms with Crippen LogP contribution in [0, 0.1) is 5.82 Å². The molecule has 2 heterocycles. The number of rotatable bonds is 2. The molecule has 4 rings (SSSR count). The van der Waals surface area contributed by atoms with E-state index in [0.717, 1.165) is 5.56 Å². The third-order valence-corrected chi connectivity index (χ3v) is 4.76. The first-order valence-electron chi connectivity index (χ1n) is 8.19. The van der Waals surface area contributed by atoms with Crippen LogP contribution in [0.1, 0.15) is 35.3 Å². The highest BCUT2D eigenvalue weighted by Gasteiger charge is 2.50. The van der Waals surface area contributed by atoms with E-state index in [1.165, 1.54) is 24.1 Å². The summed E-state index contributed by atoms with van der Waals surface area (Å²) in [5.41, 5.74) is 0.552. The van der Waals surface area contributed by atoms with Crippen LogP contribution in [0.25, 0.3) is 0 Å². The lowest BCUT2D eigenvalue weighted by Gasteiger charge is -2.50. The van der Waals surface area contributed by atoms with Gasteiger partial charge < -0.3 is 14.8 Å². The molecule has 1 N–H and O–H groups in total. The Morgan fingerprint density at radius 2 is 2.15 bits per heavy atom. The summed E-state index contributed by atoms with van der Waals surface area (Å²) < 4.78 is 24.5. The zero-order valence-corrected chi connectivity index (χ0v) is 14.3. The number of urea groups is 1. The van der Waals surface area contributed by atoms with Crippen molar-refractivity contribution in [2.24, 2.45) is 0 Å². The molecule has 6 nitrogen and oxygen atoms in total. The minimum atomic E-state index is -0.972. The number of methoxy groups -OCH3 is 1. The predicted molar refractivity (Wildman–Crippen MR) is 91.6 cm³/mol. The first-order chi connectivity index (χ1) is 12.4. The van der Waals surface area contributed by atoms with Gasteiger partial charge in [-0.25, -0.2) is 14.0 Å². The van der Waals surface area contributed by atoms with Crippen LogP contribution in [-0.4, -0.2) is 24.8 Å². The van der Waals surface area contributed by atoms with Crippen molar-refractivity contribution in [2.75, 3.05) is 12.0 Å². The third-order valence-electron chi connectivity index (χ3n) is 4.76. The lowest BCUT2D eigenvalue weighted by molar-refractivity contribution is 0.0377. The molecule has 26 heavy (non-hydrogen) atoms. The van der Waals surface area contributed by atoms with E-state index in [1.807, 2.05) is 0 Å². The van der Waals surface area contributed by atoms with E-state index >= 15 is 0 Å². The monoisotopic (exact) mass is 356 g/mol. The quantitative estimate of drug-likeness (QED) is 0.838. The Hall–Kier alpha value is -3.09. The lowest BCUT2D eigenvalue weighted by atomic mass is 9.89. The summed E-state index contributed by atoms with van der Waals surface area (Å²) in [7, 11) is 1.31. The molecule has 2 aliphatic heterocycles. The van der Waals surface area contributed by atoms with Crippen LogP contribution >= 0.6 is 0 Å². The molecule has 2 atom stereocenters. The smallest absolute Gasteiger partial charge is 0.337 e. The third kappa shape index (κ3) is 2.47. The molecule has 2 bridgehead atoms. The molecule has 2 aromatic rings. The van der Waals surface area contributed by atoms with Crippen molar-refractivity contribution >= 4 is 17.7 Å². The van der Waals surface area contributed by atoms with Gasteiger partial charge in [-0.15, -0.1) is 0 Å². The van der Waals surface area contributed by atoms with E-state index in [9.17, 15) is 14.0 Å². The van der Waals surface area contributed by atoms with Crippen LogP contribution in [0.15, 0.2) is 42.5 Å². The first kappa shape index (κ1) is 16.4. The minimum absolute atomic E-state index is 0.314. The predicted octanol–water partition coefficient (Wildman–Crippen LogP) is 3.38. The van der Waals surface area contributed by atoms with E-state index < -0.39 is 17.5 Å². The zero-order chi connectivity index (χ0) is 18.5. The van der Waals surface area contributed by atoms with Crippen LogP contribution in [-0.2, 0) is 4.74 Å². The summed E-state index contributed by atoms with van der Waals surface area (Å²) in [6, 6.07) is 10.1. The summed E-state index contributed by atoms with van der Waals surface area (Å²) in [5, 5.41) is 2.91. The van der Waals surface area contributed by atoms with Crippen LogP contribution in [0.2, 0.25) is 0 Å². The van der Waals surface area contributed by atoms with Crippen LogP contribution < -0.4 is 15.0 Å². The minimum Gasteiger partial charge on any atom is -0.467 e. The van der Waals surface area contributed by atoms with E-state index in [2.05, 4.69) is 5.32 Å². The maximum absolute atomic E-state index is 13.6. The second-order valence-electron chi connectivity index (χ2n) is 6.54. The molecular formula is C19H17FN2O4. The van der Waals surface area contributed by atoms with Gasteiger partial charge in [-0.05, 0) is 43.3 Å². The summed E-state index contributed by atoms with van der Waals surface area (Å²) in [4.78, 5) is 25.9. The van der Waals surface area contributed by atoms with E-state index in [-0.39, 0.29) is 12.1 Å². The van der Waals surface area contributed by atoms with Crippen molar-refractivity contribution in [2.45, 2.75) is 25.1 Å². The van der Waals surface area contributed by atoms with Gasteiger partial charge in [0.2, 0.25) is 0 Å². The molecule has 2 amide bonds. The van der Waals surface area contributed by atoms with Gasteiger partial charge in [0.15, 0.2) is 5.72 Å². The summed E-state index contributed by atoms with van der Waals surface area (Å²) in [5.74, 6) is -0.317. The average Bonchev–Trinajstić information content (AvgIpc) is 2.60. The molecule has 2 aromatic carbocycles. The summed E-state index contributed by atoms with van der Waals surface area (Å²) in [6.45, 7) is 1.79. The molecule has 1 fully saturated rings. The fourth-order valence-electron chi connectivity index (χ4n) is 3.63. The van der Waals surface area contributed by atoms with E-state index in [4.69, 9.17) is 9.47 Å². The Balaban J connectivity index is 1.76. The molecule has 0 saturated carbocycles. The van der Waals surface area contributed by atoms with Crippen molar-refractivity contribution in [1.82, 2.24) is 5.32 Å². The first-order valence-corrected chi connectivity index (χ1v) is 8.19. The van der Waals surface area contributed by atoms with E-state index in [0.29, 0.717) is 23.4 Å². The lowest BCUT2D eigenvalue weighted by Crippen LogP contribution is -2.65. The number of benzene rings is 2. The Morgan fingerprint density at radius 1 is 1.35 bits per heavy atom. The number of amides is 2. The molecule has 0 unspecified atom stereocenters. The largest absolute Gasteiger partial charge is 0.467 e. The Morgan fingerprint density at radius 3 is 2.88 bits per heavy atom. The normalized spacial score (nSPS) is 23.6. The summed E-state index contributed by atoms with van der Waals surface area (Å²) >= 11 is 0. The molecule has 7 heteroatoms. The van der Waals surface area contributed by atoms with Crippen molar-refractivity contribution in [1.29, 1.82) is 0 Å².